The number of rotatable bonds is 2. The molecule has 0 spiro atoms. The molecule has 130 valence electrons. The summed E-state index contributed by atoms with van der Waals surface area (Å²) in [6.07, 6.45) is 1.61. The van der Waals surface area contributed by atoms with Crippen LogP contribution in [0.4, 0.5) is 5.69 Å². The van der Waals surface area contributed by atoms with Crippen molar-refractivity contribution in [1.82, 2.24) is 9.80 Å². The predicted octanol–water partition coefficient (Wildman–Crippen LogP) is 2.32. The summed E-state index contributed by atoms with van der Waals surface area (Å²) < 4.78 is 5.50. The van der Waals surface area contributed by atoms with Crippen LogP contribution in [0.5, 0.6) is 0 Å². The Morgan fingerprint density at radius 3 is 2.33 bits per heavy atom. The summed E-state index contributed by atoms with van der Waals surface area (Å²) in [6, 6.07) is 6.33. The second-order valence-electron chi connectivity index (χ2n) is 6.62. The molecule has 0 aliphatic carbocycles. The van der Waals surface area contributed by atoms with E-state index in [2.05, 4.69) is 42.3 Å². The van der Waals surface area contributed by atoms with Gasteiger partial charge in [0.2, 0.25) is 0 Å². The first kappa shape index (κ1) is 17.2. The number of benzene rings is 1. The van der Waals surface area contributed by atoms with Gasteiger partial charge >= 0.3 is 0 Å². The molecular formula is C18H25N3O2S. The average Bonchev–Trinajstić information content (AvgIpc) is 3.07. The highest BCUT2D eigenvalue weighted by molar-refractivity contribution is 7.80. The fourth-order valence-electron chi connectivity index (χ4n) is 3.36. The van der Waals surface area contributed by atoms with Crippen LogP contribution < -0.4 is 5.32 Å². The van der Waals surface area contributed by atoms with Crippen LogP contribution in [0.2, 0.25) is 0 Å². The number of carbonyl (C=O) groups is 1. The van der Waals surface area contributed by atoms with Crippen molar-refractivity contribution in [2.45, 2.75) is 32.8 Å². The molecule has 1 atom stereocenters. The number of amides is 1. The predicted molar refractivity (Wildman–Crippen MR) is 99.3 cm³/mol. The highest BCUT2D eigenvalue weighted by atomic mass is 32.1. The van der Waals surface area contributed by atoms with Crippen molar-refractivity contribution >= 4 is 28.9 Å². The van der Waals surface area contributed by atoms with E-state index in [1.165, 1.54) is 11.1 Å². The van der Waals surface area contributed by atoms with E-state index < -0.39 is 0 Å². The Morgan fingerprint density at radius 2 is 1.75 bits per heavy atom. The van der Waals surface area contributed by atoms with E-state index in [-0.39, 0.29) is 12.0 Å². The van der Waals surface area contributed by atoms with E-state index >= 15 is 0 Å². The lowest BCUT2D eigenvalue weighted by molar-refractivity contribution is -0.142. The van der Waals surface area contributed by atoms with Crippen LogP contribution in [-0.2, 0) is 9.53 Å². The third-order valence-corrected chi connectivity index (χ3v) is 4.92. The Bertz CT molecular complexity index is 600. The minimum atomic E-state index is -0.225. The highest BCUT2D eigenvalue weighted by Gasteiger charge is 2.30. The summed E-state index contributed by atoms with van der Waals surface area (Å²) in [5.41, 5.74) is 3.45. The third kappa shape index (κ3) is 4.05. The number of piperazine rings is 1. The van der Waals surface area contributed by atoms with Gasteiger partial charge in [0.1, 0.15) is 6.10 Å². The number of thiocarbonyl (C=S) groups is 1. The molecule has 1 aromatic carbocycles. The van der Waals surface area contributed by atoms with Gasteiger partial charge < -0.3 is 19.9 Å². The first-order valence-corrected chi connectivity index (χ1v) is 8.98. The van der Waals surface area contributed by atoms with Gasteiger partial charge in [0, 0.05) is 38.5 Å². The van der Waals surface area contributed by atoms with Gasteiger partial charge in [-0.3, -0.25) is 4.79 Å². The first-order valence-electron chi connectivity index (χ1n) is 8.57. The Hall–Kier alpha value is -1.66. The van der Waals surface area contributed by atoms with E-state index in [0.29, 0.717) is 19.7 Å². The van der Waals surface area contributed by atoms with Gasteiger partial charge in [0.25, 0.3) is 5.91 Å². The second-order valence-corrected chi connectivity index (χ2v) is 7.01. The zero-order chi connectivity index (χ0) is 17.1. The van der Waals surface area contributed by atoms with Crippen molar-refractivity contribution in [1.29, 1.82) is 0 Å². The van der Waals surface area contributed by atoms with Gasteiger partial charge in [-0.1, -0.05) is 6.07 Å². The maximum atomic E-state index is 12.4. The number of hydrogen-bond donors (Lipinski definition) is 1. The van der Waals surface area contributed by atoms with Crippen LogP contribution >= 0.6 is 12.2 Å². The third-order valence-electron chi connectivity index (χ3n) is 4.56. The molecule has 1 N–H and O–H groups in total. The largest absolute Gasteiger partial charge is 0.368 e. The molecule has 2 aliphatic rings. The summed E-state index contributed by atoms with van der Waals surface area (Å²) in [5.74, 6) is 0.139. The lowest BCUT2D eigenvalue weighted by Crippen LogP contribution is -2.53. The normalized spacial score (nSPS) is 21.0. The Morgan fingerprint density at radius 1 is 1.12 bits per heavy atom. The number of ether oxygens (including phenoxy) is 1. The molecule has 2 aliphatic heterocycles. The molecule has 2 fully saturated rings. The standard InChI is InChI=1S/C18H25N3O2S/c1-13-10-14(2)12-15(11-13)19-18(24)21-7-5-20(6-8-21)17(22)16-4-3-9-23-16/h10-12,16H,3-9H2,1-2H3,(H,19,24). The number of aryl methyl sites for hydroxylation is 2. The average molecular weight is 347 g/mol. The molecule has 0 radical (unpaired) electrons. The number of nitrogens with zero attached hydrogens (tertiary/aromatic N) is 2. The smallest absolute Gasteiger partial charge is 0.251 e. The van der Waals surface area contributed by atoms with E-state index in [4.69, 9.17) is 17.0 Å². The van der Waals surface area contributed by atoms with Crippen LogP contribution in [0.15, 0.2) is 18.2 Å². The van der Waals surface area contributed by atoms with Gasteiger partial charge in [-0.05, 0) is 62.2 Å². The SMILES string of the molecule is Cc1cc(C)cc(NC(=S)N2CCN(C(=O)C3CCCO3)CC2)c1. The van der Waals surface area contributed by atoms with E-state index in [1.54, 1.807) is 0 Å². The first-order chi connectivity index (χ1) is 11.5. The molecule has 1 aromatic rings. The molecule has 0 aromatic heterocycles. The highest BCUT2D eigenvalue weighted by Crippen LogP contribution is 2.17. The summed E-state index contributed by atoms with van der Waals surface area (Å²) in [5, 5.41) is 4.05. The topological polar surface area (TPSA) is 44.8 Å². The van der Waals surface area contributed by atoms with Crippen molar-refractivity contribution < 1.29 is 9.53 Å². The van der Waals surface area contributed by atoms with Crippen molar-refractivity contribution in [3.05, 3.63) is 29.3 Å². The Kier molecular flexibility index (Phi) is 5.36. The molecule has 5 nitrogen and oxygen atoms in total. The summed E-state index contributed by atoms with van der Waals surface area (Å²) in [6.45, 7) is 7.79. The van der Waals surface area contributed by atoms with Crippen molar-refractivity contribution in [2.24, 2.45) is 0 Å². The van der Waals surface area contributed by atoms with Gasteiger partial charge in [0.15, 0.2) is 5.11 Å². The van der Waals surface area contributed by atoms with Gasteiger partial charge in [-0.2, -0.15) is 0 Å². The number of nitrogens with one attached hydrogen (secondary N) is 1. The maximum absolute atomic E-state index is 12.4. The Balaban J connectivity index is 1.52. The fraction of sp³-hybridized carbons (Fsp3) is 0.556. The number of hydrogen-bond acceptors (Lipinski definition) is 3. The van der Waals surface area contributed by atoms with E-state index in [1.807, 2.05) is 4.90 Å². The molecule has 3 rings (SSSR count). The summed E-state index contributed by atoms with van der Waals surface area (Å²) in [7, 11) is 0. The van der Waals surface area contributed by atoms with Crippen LogP contribution in [0.3, 0.4) is 0 Å². The number of anilines is 1. The fourth-order valence-corrected chi connectivity index (χ4v) is 3.66. The maximum Gasteiger partial charge on any atom is 0.251 e. The summed E-state index contributed by atoms with van der Waals surface area (Å²) in [4.78, 5) is 16.4. The van der Waals surface area contributed by atoms with Crippen LogP contribution in [-0.4, -0.2) is 59.7 Å². The van der Waals surface area contributed by atoms with Crippen LogP contribution in [0.1, 0.15) is 24.0 Å². The zero-order valence-electron chi connectivity index (χ0n) is 14.4. The minimum Gasteiger partial charge on any atom is -0.368 e. The molecule has 6 heteroatoms. The minimum absolute atomic E-state index is 0.139. The van der Waals surface area contributed by atoms with Crippen LogP contribution in [0.25, 0.3) is 0 Å². The van der Waals surface area contributed by atoms with Crippen molar-refractivity contribution in [3.8, 4) is 0 Å². The molecule has 0 saturated carbocycles. The number of carbonyl (C=O) groups excluding carboxylic acids is 1. The molecular weight excluding hydrogens is 322 g/mol. The van der Waals surface area contributed by atoms with Gasteiger partial charge in [-0.15, -0.1) is 0 Å². The van der Waals surface area contributed by atoms with Gasteiger partial charge in [-0.25, -0.2) is 0 Å². The van der Waals surface area contributed by atoms with E-state index in [9.17, 15) is 4.79 Å². The molecule has 1 amide bonds. The lowest BCUT2D eigenvalue weighted by Gasteiger charge is -2.37. The Labute approximate surface area is 149 Å². The van der Waals surface area contributed by atoms with Crippen LogP contribution in [0, 0.1) is 13.8 Å². The van der Waals surface area contributed by atoms with E-state index in [0.717, 1.165) is 36.7 Å². The molecule has 0 bridgehead atoms. The summed E-state index contributed by atoms with van der Waals surface area (Å²) >= 11 is 5.54. The monoisotopic (exact) mass is 347 g/mol. The zero-order valence-corrected chi connectivity index (χ0v) is 15.2. The molecule has 24 heavy (non-hydrogen) atoms. The molecule has 2 heterocycles. The lowest BCUT2D eigenvalue weighted by atomic mass is 10.1. The second kappa shape index (κ2) is 7.49. The molecule has 1 unspecified atom stereocenters. The van der Waals surface area contributed by atoms with Crippen molar-refractivity contribution in [2.75, 3.05) is 38.1 Å². The quantitative estimate of drug-likeness (QED) is 0.832. The molecule has 2 saturated heterocycles. The van der Waals surface area contributed by atoms with Crippen molar-refractivity contribution in [3.63, 3.8) is 0 Å². The van der Waals surface area contributed by atoms with Gasteiger partial charge in [0.05, 0.1) is 0 Å².